The summed E-state index contributed by atoms with van der Waals surface area (Å²) in [4.78, 5) is 10.4. The molecule has 0 aliphatic carbocycles. The summed E-state index contributed by atoms with van der Waals surface area (Å²) in [5.74, 6) is 1.36. The lowest BCUT2D eigenvalue weighted by Crippen LogP contribution is -1.87. The number of rotatable bonds is 3. The number of thiophene rings is 1. The molecule has 1 N–H and O–H groups in total. The minimum atomic E-state index is 0.680. The molecule has 1 aromatic carbocycles. The van der Waals surface area contributed by atoms with Crippen LogP contribution < -0.4 is 0 Å². The van der Waals surface area contributed by atoms with Crippen LogP contribution in [0, 0.1) is 13.8 Å². The first-order valence-electron chi connectivity index (χ1n) is 7.71. The SMILES string of the molecule is Cc1csc(-c2ccc(-c3nc(-c4ccccc4)n[nH]3)nc2)c1C. The highest BCUT2D eigenvalue weighted by Gasteiger charge is 2.11. The van der Waals surface area contributed by atoms with Crippen LogP contribution in [0.5, 0.6) is 0 Å². The number of H-pyrrole nitrogens is 1. The fourth-order valence-electron chi connectivity index (χ4n) is 2.55. The highest BCUT2D eigenvalue weighted by Crippen LogP contribution is 2.32. The molecule has 24 heavy (non-hydrogen) atoms. The number of aromatic nitrogens is 4. The zero-order valence-electron chi connectivity index (χ0n) is 13.4. The lowest BCUT2D eigenvalue weighted by molar-refractivity contribution is 1.09. The largest absolute Gasteiger partial charge is 0.257 e. The third kappa shape index (κ3) is 2.63. The second-order valence-electron chi connectivity index (χ2n) is 5.68. The molecule has 3 aromatic heterocycles. The quantitative estimate of drug-likeness (QED) is 0.582. The minimum Gasteiger partial charge on any atom is -0.257 e. The van der Waals surface area contributed by atoms with E-state index < -0.39 is 0 Å². The van der Waals surface area contributed by atoms with Gasteiger partial charge in [-0.2, -0.15) is 5.10 Å². The van der Waals surface area contributed by atoms with Crippen LogP contribution in [0.2, 0.25) is 0 Å². The van der Waals surface area contributed by atoms with Crippen molar-refractivity contribution >= 4 is 11.3 Å². The fraction of sp³-hybridized carbons (Fsp3) is 0.105. The van der Waals surface area contributed by atoms with Gasteiger partial charge in [0.2, 0.25) is 0 Å². The molecule has 0 saturated heterocycles. The highest BCUT2D eigenvalue weighted by atomic mass is 32.1. The summed E-state index contributed by atoms with van der Waals surface area (Å²) < 4.78 is 0. The van der Waals surface area contributed by atoms with Gasteiger partial charge in [0.15, 0.2) is 11.6 Å². The maximum atomic E-state index is 4.56. The van der Waals surface area contributed by atoms with Crippen LogP contribution in [0.25, 0.3) is 33.3 Å². The second kappa shape index (κ2) is 6.02. The number of hydrogen-bond donors (Lipinski definition) is 1. The van der Waals surface area contributed by atoms with Gasteiger partial charge in [-0.05, 0) is 42.5 Å². The standard InChI is InChI=1S/C19H16N4S/c1-12-11-24-17(13(12)2)15-8-9-16(20-10-15)19-21-18(22-23-19)14-6-4-3-5-7-14/h3-11H,1-2H3,(H,21,22,23). The molecule has 0 saturated carbocycles. The molecule has 0 fully saturated rings. The summed E-state index contributed by atoms with van der Waals surface area (Å²) >= 11 is 1.76. The average Bonchev–Trinajstić information content (AvgIpc) is 3.24. The molecule has 0 bridgehead atoms. The first kappa shape index (κ1) is 14.8. The van der Waals surface area contributed by atoms with Crippen molar-refractivity contribution in [2.45, 2.75) is 13.8 Å². The zero-order valence-corrected chi connectivity index (χ0v) is 14.3. The van der Waals surface area contributed by atoms with Gasteiger partial charge in [-0.25, -0.2) is 4.98 Å². The minimum absolute atomic E-state index is 0.680. The molecule has 0 aliphatic heterocycles. The van der Waals surface area contributed by atoms with Crippen molar-refractivity contribution < 1.29 is 0 Å². The van der Waals surface area contributed by atoms with Gasteiger partial charge in [-0.3, -0.25) is 10.1 Å². The smallest absolute Gasteiger partial charge is 0.181 e. The predicted molar refractivity (Wildman–Crippen MR) is 97.8 cm³/mol. The molecule has 0 radical (unpaired) electrons. The van der Waals surface area contributed by atoms with Gasteiger partial charge in [0.1, 0.15) is 5.69 Å². The zero-order chi connectivity index (χ0) is 16.5. The Labute approximate surface area is 144 Å². The average molecular weight is 332 g/mol. The van der Waals surface area contributed by atoms with E-state index in [2.05, 4.69) is 45.5 Å². The summed E-state index contributed by atoms with van der Waals surface area (Å²) in [6, 6.07) is 14.0. The van der Waals surface area contributed by atoms with Crippen LogP contribution in [0.4, 0.5) is 0 Å². The van der Waals surface area contributed by atoms with E-state index in [9.17, 15) is 0 Å². The Kier molecular flexibility index (Phi) is 3.70. The van der Waals surface area contributed by atoms with Crippen LogP contribution in [-0.4, -0.2) is 20.2 Å². The molecule has 5 heteroatoms. The lowest BCUT2D eigenvalue weighted by Gasteiger charge is -2.01. The normalized spacial score (nSPS) is 10.9. The van der Waals surface area contributed by atoms with E-state index in [0.29, 0.717) is 11.6 Å². The fourth-order valence-corrected chi connectivity index (χ4v) is 3.61. The molecule has 0 amide bonds. The Bertz CT molecular complexity index is 968. The Hall–Kier alpha value is -2.79. The van der Waals surface area contributed by atoms with Crippen molar-refractivity contribution in [3.05, 3.63) is 65.2 Å². The van der Waals surface area contributed by atoms with Crippen molar-refractivity contribution in [2.75, 3.05) is 0 Å². The van der Waals surface area contributed by atoms with Gasteiger partial charge in [-0.15, -0.1) is 11.3 Å². The van der Waals surface area contributed by atoms with Gasteiger partial charge < -0.3 is 0 Å². The third-order valence-corrected chi connectivity index (χ3v) is 5.32. The number of nitrogens with one attached hydrogen (secondary N) is 1. The molecular formula is C19H16N4S. The number of nitrogens with zero attached hydrogens (tertiary/aromatic N) is 3. The summed E-state index contributed by atoms with van der Waals surface area (Å²) in [6.07, 6.45) is 1.90. The Morgan fingerprint density at radius 1 is 0.958 bits per heavy atom. The van der Waals surface area contributed by atoms with Gasteiger partial charge >= 0.3 is 0 Å². The predicted octanol–water partition coefficient (Wildman–Crippen LogP) is 4.88. The molecular weight excluding hydrogens is 316 g/mol. The van der Waals surface area contributed by atoms with Gasteiger partial charge in [0.05, 0.1) is 0 Å². The summed E-state index contributed by atoms with van der Waals surface area (Å²) in [5, 5.41) is 9.44. The maximum absolute atomic E-state index is 4.56. The second-order valence-corrected chi connectivity index (χ2v) is 6.56. The molecule has 4 aromatic rings. The van der Waals surface area contributed by atoms with E-state index in [1.165, 1.54) is 16.0 Å². The van der Waals surface area contributed by atoms with E-state index >= 15 is 0 Å². The number of aromatic amines is 1. The summed E-state index contributed by atoms with van der Waals surface area (Å²) in [7, 11) is 0. The lowest BCUT2D eigenvalue weighted by atomic mass is 10.1. The number of benzene rings is 1. The number of aryl methyl sites for hydroxylation is 1. The van der Waals surface area contributed by atoms with Gasteiger partial charge in [0.25, 0.3) is 0 Å². The van der Waals surface area contributed by atoms with E-state index in [4.69, 9.17) is 0 Å². The first-order valence-corrected chi connectivity index (χ1v) is 8.59. The maximum Gasteiger partial charge on any atom is 0.181 e. The van der Waals surface area contributed by atoms with E-state index in [1.54, 1.807) is 11.3 Å². The first-order chi connectivity index (χ1) is 11.7. The Morgan fingerprint density at radius 2 is 1.79 bits per heavy atom. The highest BCUT2D eigenvalue weighted by molar-refractivity contribution is 7.13. The van der Waals surface area contributed by atoms with Crippen molar-refractivity contribution in [2.24, 2.45) is 0 Å². The monoisotopic (exact) mass is 332 g/mol. The van der Waals surface area contributed by atoms with E-state index in [-0.39, 0.29) is 0 Å². The number of pyridine rings is 1. The molecule has 4 nitrogen and oxygen atoms in total. The van der Waals surface area contributed by atoms with Crippen LogP contribution in [0.15, 0.2) is 54.0 Å². The van der Waals surface area contributed by atoms with E-state index in [1.807, 2.05) is 42.6 Å². The van der Waals surface area contributed by atoms with E-state index in [0.717, 1.165) is 16.8 Å². The molecule has 0 atom stereocenters. The van der Waals surface area contributed by atoms with Crippen LogP contribution in [-0.2, 0) is 0 Å². The van der Waals surface area contributed by atoms with Crippen molar-refractivity contribution in [3.8, 4) is 33.3 Å². The van der Waals surface area contributed by atoms with Crippen molar-refractivity contribution in [3.63, 3.8) is 0 Å². The Balaban J connectivity index is 1.64. The van der Waals surface area contributed by atoms with Crippen LogP contribution in [0.1, 0.15) is 11.1 Å². The number of hydrogen-bond acceptors (Lipinski definition) is 4. The van der Waals surface area contributed by atoms with Crippen molar-refractivity contribution in [1.29, 1.82) is 0 Å². The van der Waals surface area contributed by atoms with Gasteiger partial charge in [0, 0.05) is 22.2 Å². The molecule has 0 spiro atoms. The Morgan fingerprint density at radius 3 is 2.46 bits per heavy atom. The summed E-state index contributed by atoms with van der Waals surface area (Å²) in [6.45, 7) is 4.29. The molecule has 118 valence electrons. The third-order valence-electron chi connectivity index (χ3n) is 4.07. The summed E-state index contributed by atoms with van der Waals surface area (Å²) in [5.41, 5.74) is 5.56. The molecule has 3 heterocycles. The molecule has 4 rings (SSSR count). The molecule has 0 unspecified atom stereocenters. The topological polar surface area (TPSA) is 54.5 Å². The van der Waals surface area contributed by atoms with Crippen molar-refractivity contribution in [1.82, 2.24) is 20.2 Å². The van der Waals surface area contributed by atoms with Crippen LogP contribution in [0.3, 0.4) is 0 Å². The van der Waals surface area contributed by atoms with Gasteiger partial charge in [-0.1, -0.05) is 30.3 Å². The van der Waals surface area contributed by atoms with Crippen LogP contribution >= 0.6 is 11.3 Å². The molecule has 0 aliphatic rings.